The van der Waals surface area contributed by atoms with Crippen LogP contribution in [0.3, 0.4) is 0 Å². The Bertz CT molecular complexity index is 259. The van der Waals surface area contributed by atoms with Gasteiger partial charge in [0, 0.05) is 17.0 Å². The van der Waals surface area contributed by atoms with Gasteiger partial charge in [0.25, 0.3) is 0 Å². The lowest BCUT2D eigenvalue weighted by molar-refractivity contribution is 0.216. The highest BCUT2D eigenvalue weighted by atomic mass is 32.1. The van der Waals surface area contributed by atoms with E-state index in [1.54, 1.807) is 11.3 Å². The number of aliphatic hydroxyl groups is 1. The fraction of sp³-hybridized carbons (Fsp3) is 0.667. The van der Waals surface area contributed by atoms with E-state index in [0.29, 0.717) is 12.0 Å². The maximum Gasteiger partial charge on any atom is 0.0584 e. The first-order valence-corrected chi connectivity index (χ1v) is 6.41. The van der Waals surface area contributed by atoms with Gasteiger partial charge in [-0.15, -0.1) is 11.3 Å². The molecule has 1 aromatic heterocycles. The first kappa shape index (κ1) is 12.7. The molecule has 0 aliphatic heterocycles. The Kier molecular flexibility index (Phi) is 5.29. The molecule has 0 aliphatic rings. The predicted octanol–water partition coefficient (Wildman–Crippen LogP) is 2.81. The van der Waals surface area contributed by atoms with Crippen molar-refractivity contribution in [1.82, 2.24) is 5.32 Å². The predicted molar refractivity (Wildman–Crippen MR) is 66.2 cm³/mol. The van der Waals surface area contributed by atoms with E-state index < -0.39 is 0 Å². The highest BCUT2D eigenvalue weighted by Crippen LogP contribution is 2.19. The number of thiophene rings is 1. The van der Waals surface area contributed by atoms with Crippen molar-refractivity contribution in [3.8, 4) is 0 Å². The Hall–Kier alpha value is -0.380. The third-order valence-corrected chi connectivity index (χ3v) is 3.49. The van der Waals surface area contributed by atoms with Crippen LogP contribution in [0.4, 0.5) is 0 Å². The van der Waals surface area contributed by atoms with E-state index in [1.807, 2.05) is 0 Å². The van der Waals surface area contributed by atoms with Gasteiger partial charge in [-0.3, -0.25) is 0 Å². The molecule has 0 radical (unpaired) electrons. The molecule has 0 bridgehead atoms. The van der Waals surface area contributed by atoms with E-state index in [9.17, 15) is 5.11 Å². The van der Waals surface area contributed by atoms with Gasteiger partial charge in [0.2, 0.25) is 0 Å². The average molecular weight is 227 g/mol. The van der Waals surface area contributed by atoms with Crippen LogP contribution >= 0.6 is 11.3 Å². The second-order valence-electron chi connectivity index (χ2n) is 4.41. The largest absolute Gasteiger partial charge is 0.395 e. The van der Waals surface area contributed by atoms with Crippen LogP contribution in [0.15, 0.2) is 17.5 Å². The molecule has 86 valence electrons. The molecule has 0 amide bonds. The van der Waals surface area contributed by atoms with Crippen LogP contribution in [0.2, 0.25) is 0 Å². The molecule has 2 N–H and O–H groups in total. The van der Waals surface area contributed by atoms with E-state index in [1.165, 1.54) is 4.88 Å². The fourth-order valence-electron chi connectivity index (χ4n) is 1.74. The van der Waals surface area contributed by atoms with Gasteiger partial charge >= 0.3 is 0 Å². The fourth-order valence-corrected chi connectivity index (χ4v) is 2.48. The Morgan fingerprint density at radius 2 is 2.13 bits per heavy atom. The summed E-state index contributed by atoms with van der Waals surface area (Å²) in [5.74, 6) is 0.616. The molecule has 15 heavy (non-hydrogen) atoms. The Labute approximate surface area is 96.3 Å². The minimum atomic E-state index is 0.210. The zero-order chi connectivity index (χ0) is 11.3. The van der Waals surface area contributed by atoms with Crippen molar-refractivity contribution in [1.29, 1.82) is 0 Å². The average Bonchev–Trinajstić information content (AvgIpc) is 2.68. The van der Waals surface area contributed by atoms with Gasteiger partial charge in [-0.05, 0) is 30.7 Å². The lowest BCUT2D eigenvalue weighted by Gasteiger charge is -2.22. The summed E-state index contributed by atoms with van der Waals surface area (Å²) >= 11 is 1.76. The van der Waals surface area contributed by atoms with Gasteiger partial charge in [-0.1, -0.05) is 19.9 Å². The third-order valence-electron chi connectivity index (χ3n) is 2.43. The lowest BCUT2D eigenvalue weighted by atomic mass is 10.0. The summed E-state index contributed by atoms with van der Waals surface area (Å²) in [5, 5.41) is 14.8. The molecule has 0 aromatic carbocycles. The molecule has 1 aromatic rings. The van der Waals surface area contributed by atoms with Crippen molar-refractivity contribution in [3.63, 3.8) is 0 Å². The van der Waals surface area contributed by atoms with Gasteiger partial charge in [0.1, 0.15) is 0 Å². The van der Waals surface area contributed by atoms with Crippen molar-refractivity contribution in [2.75, 3.05) is 6.61 Å². The van der Waals surface area contributed by atoms with Gasteiger partial charge in [0.15, 0.2) is 0 Å². The molecule has 2 unspecified atom stereocenters. The van der Waals surface area contributed by atoms with E-state index in [4.69, 9.17) is 0 Å². The van der Waals surface area contributed by atoms with Crippen LogP contribution in [-0.2, 0) is 0 Å². The van der Waals surface area contributed by atoms with Crippen molar-refractivity contribution < 1.29 is 5.11 Å². The molecular formula is C12H21NOS. The normalized spacial score (nSPS) is 15.5. The maximum atomic E-state index is 9.26. The highest BCUT2D eigenvalue weighted by molar-refractivity contribution is 7.10. The van der Waals surface area contributed by atoms with Crippen LogP contribution in [0.5, 0.6) is 0 Å². The monoisotopic (exact) mass is 227 g/mol. The highest BCUT2D eigenvalue weighted by Gasteiger charge is 2.14. The summed E-state index contributed by atoms with van der Waals surface area (Å²) in [6, 6.07) is 4.74. The number of nitrogens with one attached hydrogen (secondary N) is 1. The molecule has 0 spiro atoms. The number of aliphatic hydroxyl groups excluding tert-OH is 1. The zero-order valence-corrected chi connectivity index (χ0v) is 10.6. The van der Waals surface area contributed by atoms with Gasteiger partial charge in [0.05, 0.1) is 6.61 Å². The van der Waals surface area contributed by atoms with Crippen LogP contribution < -0.4 is 5.32 Å². The van der Waals surface area contributed by atoms with E-state index in [2.05, 4.69) is 43.6 Å². The smallest absolute Gasteiger partial charge is 0.0584 e. The van der Waals surface area contributed by atoms with Crippen molar-refractivity contribution in [2.45, 2.75) is 39.3 Å². The third kappa shape index (κ3) is 4.33. The summed E-state index contributed by atoms with van der Waals surface area (Å²) in [6.45, 7) is 6.73. The molecular weight excluding hydrogens is 206 g/mol. The topological polar surface area (TPSA) is 32.3 Å². The van der Waals surface area contributed by atoms with Crippen molar-refractivity contribution in [2.24, 2.45) is 5.92 Å². The first-order valence-electron chi connectivity index (χ1n) is 5.53. The van der Waals surface area contributed by atoms with E-state index in [-0.39, 0.29) is 12.6 Å². The molecule has 1 heterocycles. The second-order valence-corrected chi connectivity index (χ2v) is 5.39. The molecule has 0 saturated carbocycles. The van der Waals surface area contributed by atoms with Crippen molar-refractivity contribution >= 4 is 11.3 Å². The molecule has 3 heteroatoms. The number of rotatable bonds is 6. The first-order chi connectivity index (χ1) is 7.13. The molecule has 0 fully saturated rings. The Morgan fingerprint density at radius 1 is 1.40 bits per heavy atom. The van der Waals surface area contributed by atoms with Crippen LogP contribution in [0.25, 0.3) is 0 Å². The molecule has 0 aliphatic carbocycles. The SMILES string of the molecule is CC(C)CC(CO)NC(C)c1cccs1. The summed E-state index contributed by atoms with van der Waals surface area (Å²) in [6.07, 6.45) is 1.02. The number of hydrogen-bond acceptors (Lipinski definition) is 3. The Balaban J connectivity index is 2.44. The molecule has 2 atom stereocenters. The molecule has 2 nitrogen and oxygen atoms in total. The molecule has 0 saturated heterocycles. The zero-order valence-electron chi connectivity index (χ0n) is 9.73. The van der Waals surface area contributed by atoms with Crippen LogP contribution in [0.1, 0.15) is 38.1 Å². The summed E-state index contributed by atoms with van der Waals surface area (Å²) < 4.78 is 0. The van der Waals surface area contributed by atoms with E-state index in [0.717, 1.165) is 6.42 Å². The second kappa shape index (κ2) is 6.26. The lowest BCUT2D eigenvalue weighted by Crippen LogP contribution is -2.35. The van der Waals surface area contributed by atoms with E-state index >= 15 is 0 Å². The van der Waals surface area contributed by atoms with Gasteiger partial charge < -0.3 is 10.4 Å². The summed E-state index contributed by atoms with van der Waals surface area (Å²) in [4.78, 5) is 1.33. The molecule has 1 rings (SSSR count). The van der Waals surface area contributed by atoms with Gasteiger partial charge in [-0.25, -0.2) is 0 Å². The summed E-state index contributed by atoms with van der Waals surface area (Å²) in [7, 11) is 0. The Morgan fingerprint density at radius 3 is 2.60 bits per heavy atom. The minimum absolute atomic E-state index is 0.210. The number of hydrogen-bond donors (Lipinski definition) is 2. The van der Waals surface area contributed by atoms with Crippen LogP contribution in [-0.4, -0.2) is 17.8 Å². The van der Waals surface area contributed by atoms with Gasteiger partial charge in [-0.2, -0.15) is 0 Å². The quantitative estimate of drug-likeness (QED) is 0.783. The van der Waals surface area contributed by atoms with Crippen LogP contribution in [0, 0.1) is 5.92 Å². The minimum Gasteiger partial charge on any atom is -0.395 e. The standard InChI is InChI=1S/C12H21NOS/c1-9(2)7-11(8-14)13-10(3)12-5-4-6-15-12/h4-6,9-11,13-14H,7-8H2,1-3H3. The van der Waals surface area contributed by atoms with Crippen molar-refractivity contribution in [3.05, 3.63) is 22.4 Å². The summed E-state index contributed by atoms with van der Waals surface area (Å²) in [5.41, 5.74) is 0. The maximum absolute atomic E-state index is 9.26.